The maximum absolute atomic E-state index is 13.8. The summed E-state index contributed by atoms with van der Waals surface area (Å²) >= 11 is 0. The van der Waals surface area contributed by atoms with Crippen molar-refractivity contribution in [2.45, 2.75) is 70.4 Å². The Morgan fingerprint density at radius 3 is 2.72 bits per heavy atom. The van der Waals surface area contributed by atoms with Gasteiger partial charge in [0, 0.05) is 37.5 Å². The molecule has 4 rings (SSSR count). The number of halogens is 3. The van der Waals surface area contributed by atoms with Gasteiger partial charge in [-0.2, -0.15) is 23.4 Å². The van der Waals surface area contributed by atoms with E-state index in [2.05, 4.69) is 20.4 Å². The lowest BCUT2D eigenvalue weighted by Gasteiger charge is -2.35. The molecule has 1 saturated heterocycles. The molecule has 0 amide bonds. The Morgan fingerprint density at radius 1 is 1.28 bits per heavy atom. The molecule has 160 valence electrons. The molecule has 2 aliphatic rings. The van der Waals surface area contributed by atoms with Crippen LogP contribution in [0.3, 0.4) is 0 Å². The van der Waals surface area contributed by atoms with Crippen molar-refractivity contribution >= 4 is 5.82 Å². The van der Waals surface area contributed by atoms with Crippen LogP contribution in [-0.2, 0) is 13.6 Å². The zero-order chi connectivity index (χ0) is 20.8. The third kappa shape index (κ3) is 4.15. The van der Waals surface area contributed by atoms with Crippen LogP contribution in [0.25, 0.3) is 0 Å². The monoisotopic (exact) mass is 410 g/mol. The highest BCUT2D eigenvalue weighted by Crippen LogP contribution is 2.42. The lowest BCUT2D eigenvalue weighted by Crippen LogP contribution is -2.41. The molecule has 3 atom stereocenters. The van der Waals surface area contributed by atoms with Crippen LogP contribution < -0.4 is 5.32 Å². The Kier molecular flexibility index (Phi) is 5.35. The van der Waals surface area contributed by atoms with Gasteiger partial charge in [0.25, 0.3) is 0 Å². The summed E-state index contributed by atoms with van der Waals surface area (Å²) in [5, 5.41) is 12.0. The summed E-state index contributed by atoms with van der Waals surface area (Å²) in [6.07, 6.45) is 2.58. The maximum atomic E-state index is 13.8. The van der Waals surface area contributed by atoms with Crippen molar-refractivity contribution in [3.8, 4) is 0 Å². The number of anilines is 1. The molecule has 2 aromatic rings. The van der Waals surface area contributed by atoms with Crippen molar-refractivity contribution in [3.63, 3.8) is 0 Å². The van der Waals surface area contributed by atoms with Gasteiger partial charge < -0.3 is 5.32 Å². The van der Waals surface area contributed by atoms with E-state index in [1.807, 2.05) is 39.4 Å². The fraction of sp³-hybridized carbons (Fsp3) is 0.700. The molecule has 1 fully saturated rings. The number of hydrogen-bond donors (Lipinski definition) is 1. The van der Waals surface area contributed by atoms with Gasteiger partial charge in [0.05, 0.1) is 17.9 Å². The normalized spacial score (nSPS) is 25.8. The Balaban J connectivity index is 1.63. The van der Waals surface area contributed by atoms with Gasteiger partial charge in [-0.1, -0.05) is 20.3 Å². The quantitative estimate of drug-likeness (QED) is 0.817. The topological polar surface area (TPSA) is 50.9 Å². The first-order valence-corrected chi connectivity index (χ1v) is 10.4. The van der Waals surface area contributed by atoms with Crippen LogP contribution in [0.4, 0.5) is 19.0 Å². The molecule has 0 bridgehead atoms. The Morgan fingerprint density at radius 2 is 2.07 bits per heavy atom. The number of piperidine rings is 1. The zero-order valence-electron chi connectivity index (χ0n) is 17.2. The zero-order valence-corrected chi connectivity index (χ0v) is 17.2. The molecule has 4 heterocycles. The second-order valence-electron chi connectivity index (χ2n) is 8.69. The minimum atomic E-state index is -4.31. The molecule has 2 aliphatic heterocycles. The first kappa shape index (κ1) is 20.3. The van der Waals surface area contributed by atoms with Gasteiger partial charge in [0.2, 0.25) is 0 Å². The van der Waals surface area contributed by atoms with Gasteiger partial charge in [-0.3, -0.25) is 9.58 Å². The van der Waals surface area contributed by atoms with Gasteiger partial charge in [-0.15, -0.1) is 0 Å². The van der Waals surface area contributed by atoms with Crippen LogP contribution in [0.15, 0.2) is 18.5 Å². The van der Waals surface area contributed by atoms with E-state index < -0.39 is 12.2 Å². The van der Waals surface area contributed by atoms with E-state index in [4.69, 9.17) is 0 Å². The van der Waals surface area contributed by atoms with E-state index in [0.29, 0.717) is 5.82 Å². The SMILES string of the molecule is CC(C)[C@@H]1C[C@H](C(F)(F)F)n2nc(C3CCCCN3Cc3cnn(C)c3)cc2N1. The number of nitrogens with one attached hydrogen (secondary N) is 1. The van der Waals surface area contributed by atoms with Crippen LogP contribution in [0.2, 0.25) is 0 Å². The summed E-state index contributed by atoms with van der Waals surface area (Å²) < 4.78 is 44.2. The van der Waals surface area contributed by atoms with Gasteiger partial charge >= 0.3 is 6.18 Å². The van der Waals surface area contributed by atoms with Crippen LogP contribution in [-0.4, -0.2) is 43.2 Å². The number of fused-ring (bicyclic) bond motifs is 1. The second kappa shape index (κ2) is 7.66. The lowest BCUT2D eigenvalue weighted by molar-refractivity contribution is -0.174. The van der Waals surface area contributed by atoms with Gasteiger partial charge in [0.1, 0.15) is 5.82 Å². The number of nitrogens with zero attached hydrogens (tertiary/aromatic N) is 5. The van der Waals surface area contributed by atoms with E-state index in [9.17, 15) is 13.2 Å². The molecule has 9 heteroatoms. The van der Waals surface area contributed by atoms with Crippen LogP contribution in [0.1, 0.15) is 62.9 Å². The number of likely N-dealkylation sites (tertiary alicyclic amines) is 1. The van der Waals surface area contributed by atoms with Gasteiger partial charge in [-0.05, 0) is 31.7 Å². The van der Waals surface area contributed by atoms with Crippen LogP contribution >= 0.6 is 0 Å². The standard InChI is InChI=1S/C20H29F3N6/c1-13(2)15-8-18(20(21,22)23)29-19(25-15)9-16(26-29)17-6-4-5-7-28(17)12-14-10-24-27(3)11-14/h9-11,13,15,17-18,25H,4-8,12H2,1-3H3/t15-,17?,18+/m0/s1. The molecular weight excluding hydrogens is 381 g/mol. The molecule has 1 N–H and O–H groups in total. The van der Waals surface area contributed by atoms with Crippen LogP contribution in [0, 0.1) is 5.92 Å². The van der Waals surface area contributed by atoms with E-state index in [0.717, 1.165) is 43.6 Å². The largest absolute Gasteiger partial charge is 0.410 e. The molecule has 29 heavy (non-hydrogen) atoms. The second-order valence-corrected chi connectivity index (χ2v) is 8.69. The fourth-order valence-electron chi connectivity index (χ4n) is 4.53. The van der Waals surface area contributed by atoms with E-state index in [1.54, 1.807) is 4.68 Å². The third-order valence-electron chi connectivity index (χ3n) is 6.14. The Bertz CT molecular complexity index is 840. The Hall–Kier alpha value is -2.03. The van der Waals surface area contributed by atoms with E-state index in [-0.39, 0.29) is 24.4 Å². The number of alkyl halides is 3. The van der Waals surface area contributed by atoms with E-state index in [1.165, 1.54) is 4.68 Å². The lowest BCUT2D eigenvalue weighted by atomic mass is 9.94. The first-order chi connectivity index (χ1) is 13.7. The van der Waals surface area contributed by atoms with E-state index >= 15 is 0 Å². The average Bonchev–Trinajstić information content (AvgIpc) is 3.26. The van der Waals surface area contributed by atoms with Crippen molar-refractivity contribution in [2.24, 2.45) is 13.0 Å². The minimum absolute atomic E-state index is 0.0132. The Labute approximate surface area is 169 Å². The molecule has 2 aromatic heterocycles. The highest BCUT2D eigenvalue weighted by molar-refractivity contribution is 5.42. The minimum Gasteiger partial charge on any atom is -0.367 e. The molecular formula is C20H29F3N6. The molecule has 0 radical (unpaired) electrons. The first-order valence-electron chi connectivity index (χ1n) is 10.4. The van der Waals surface area contributed by atoms with Crippen molar-refractivity contribution in [2.75, 3.05) is 11.9 Å². The maximum Gasteiger partial charge on any atom is 0.410 e. The molecule has 0 saturated carbocycles. The fourth-order valence-corrected chi connectivity index (χ4v) is 4.53. The summed E-state index contributed by atoms with van der Waals surface area (Å²) in [5.74, 6) is 0.600. The summed E-state index contributed by atoms with van der Waals surface area (Å²) in [7, 11) is 1.88. The number of aromatic nitrogens is 4. The highest BCUT2D eigenvalue weighted by Gasteiger charge is 2.47. The van der Waals surface area contributed by atoms with Gasteiger partial charge in [0.15, 0.2) is 6.04 Å². The number of rotatable bonds is 4. The van der Waals surface area contributed by atoms with Crippen LogP contribution in [0.5, 0.6) is 0 Å². The van der Waals surface area contributed by atoms with Crippen molar-refractivity contribution in [3.05, 3.63) is 29.7 Å². The molecule has 6 nitrogen and oxygen atoms in total. The predicted octanol–water partition coefficient (Wildman–Crippen LogP) is 4.29. The summed E-state index contributed by atoms with van der Waals surface area (Å²) in [4.78, 5) is 2.32. The highest BCUT2D eigenvalue weighted by atomic mass is 19.4. The smallest absolute Gasteiger partial charge is 0.367 e. The predicted molar refractivity (Wildman–Crippen MR) is 104 cm³/mol. The molecule has 0 aromatic carbocycles. The molecule has 1 unspecified atom stereocenters. The van der Waals surface area contributed by atoms with Crippen molar-refractivity contribution in [1.29, 1.82) is 0 Å². The third-order valence-corrected chi connectivity index (χ3v) is 6.14. The number of hydrogen-bond acceptors (Lipinski definition) is 4. The number of aryl methyl sites for hydroxylation is 1. The summed E-state index contributed by atoms with van der Waals surface area (Å²) in [6, 6.07) is 0.0708. The summed E-state index contributed by atoms with van der Waals surface area (Å²) in [5.41, 5.74) is 1.84. The van der Waals surface area contributed by atoms with Gasteiger partial charge in [-0.25, -0.2) is 4.68 Å². The summed E-state index contributed by atoms with van der Waals surface area (Å²) in [6.45, 7) is 5.54. The molecule has 0 spiro atoms. The van der Waals surface area contributed by atoms with Crippen molar-refractivity contribution in [1.82, 2.24) is 24.5 Å². The average molecular weight is 410 g/mol. The molecule has 0 aliphatic carbocycles. The van der Waals surface area contributed by atoms with Crippen molar-refractivity contribution < 1.29 is 13.2 Å².